The van der Waals surface area contributed by atoms with E-state index in [4.69, 9.17) is 14.2 Å². The quantitative estimate of drug-likeness (QED) is 0.195. The van der Waals surface area contributed by atoms with Crippen molar-refractivity contribution < 1.29 is 44.2 Å². The number of esters is 1. The first kappa shape index (κ1) is 35.5. The number of carboxylic acid groups (broad SMARTS) is 1. The molecule has 4 aliphatic carbocycles. The summed E-state index contributed by atoms with van der Waals surface area (Å²) in [5.41, 5.74) is 2.34. The molecule has 260 valence electrons. The number of carbonyl (C=O) groups is 2. The van der Waals surface area contributed by atoms with Gasteiger partial charge in [-0.25, -0.2) is 0 Å². The van der Waals surface area contributed by atoms with Crippen molar-refractivity contribution in [3.05, 3.63) is 23.8 Å². The zero-order chi connectivity index (χ0) is 33.9. The first-order valence-corrected chi connectivity index (χ1v) is 17.6. The molecule has 0 radical (unpaired) electrons. The Kier molecular flexibility index (Phi) is 10.2. The van der Waals surface area contributed by atoms with Crippen LogP contribution in [0, 0.1) is 52.3 Å². The van der Waals surface area contributed by atoms with E-state index in [9.17, 15) is 30.0 Å². The van der Waals surface area contributed by atoms with E-state index in [2.05, 4.69) is 47.3 Å². The van der Waals surface area contributed by atoms with Gasteiger partial charge in [-0.1, -0.05) is 58.4 Å². The van der Waals surface area contributed by atoms with E-state index in [0.29, 0.717) is 30.6 Å². The lowest BCUT2D eigenvalue weighted by Crippen LogP contribution is -2.62. The van der Waals surface area contributed by atoms with Crippen LogP contribution in [0.1, 0.15) is 99.8 Å². The molecule has 0 aromatic carbocycles. The summed E-state index contributed by atoms with van der Waals surface area (Å²) in [5, 5.41) is 41.7. The highest BCUT2D eigenvalue weighted by Crippen LogP contribution is 2.68. The summed E-state index contributed by atoms with van der Waals surface area (Å²) in [6, 6.07) is 0. The van der Waals surface area contributed by atoms with Gasteiger partial charge in [-0.05, 0) is 105 Å². The number of ether oxygens (including phenoxy) is 3. The Morgan fingerprint density at radius 3 is 2.35 bits per heavy atom. The van der Waals surface area contributed by atoms with E-state index < -0.39 is 54.9 Å². The Hall–Kier alpha value is -1.78. The number of carboxylic acids is 1. The molecule has 0 aromatic rings. The summed E-state index contributed by atoms with van der Waals surface area (Å²) >= 11 is 0. The molecule has 4 N–H and O–H groups in total. The van der Waals surface area contributed by atoms with Gasteiger partial charge in [0, 0.05) is 6.92 Å². The fourth-order valence-electron chi connectivity index (χ4n) is 10.6. The second-order valence-corrected chi connectivity index (χ2v) is 16.2. The van der Waals surface area contributed by atoms with Crippen molar-refractivity contribution >= 4 is 11.9 Å². The second kappa shape index (κ2) is 13.3. The van der Waals surface area contributed by atoms with Crippen molar-refractivity contribution in [2.45, 2.75) is 143 Å². The monoisotopic (exact) mass is 646 g/mol. The Bertz CT molecular complexity index is 1200. The molecule has 0 bridgehead atoms. The van der Waals surface area contributed by atoms with E-state index >= 15 is 0 Å². The highest BCUT2D eigenvalue weighted by Gasteiger charge is 2.62. The van der Waals surface area contributed by atoms with E-state index in [1.807, 2.05) is 0 Å². The van der Waals surface area contributed by atoms with Crippen molar-refractivity contribution in [1.29, 1.82) is 0 Å². The maximum Gasteiger partial charge on any atom is 0.306 e. The average Bonchev–Trinajstić information content (AvgIpc) is 3.32. The minimum Gasteiger partial charge on any atom is -0.481 e. The highest BCUT2D eigenvalue weighted by atomic mass is 16.7. The number of carbonyl (C=O) groups excluding carboxylic acids is 1. The molecule has 1 saturated heterocycles. The summed E-state index contributed by atoms with van der Waals surface area (Å²) in [7, 11) is 0. The number of hydrogen-bond acceptors (Lipinski definition) is 8. The molecule has 46 heavy (non-hydrogen) atoms. The summed E-state index contributed by atoms with van der Waals surface area (Å²) in [4.78, 5) is 25.1. The van der Waals surface area contributed by atoms with E-state index in [-0.39, 0.29) is 34.5 Å². The Labute approximate surface area is 274 Å². The van der Waals surface area contributed by atoms with Crippen molar-refractivity contribution in [2.24, 2.45) is 52.3 Å². The first-order valence-electron chi connectivity index (χ1n) is 17.6. The molecular weight excluding hydrogens is 588 g/mol. The minimum atomic E-state index is -1.44. The summed E-state index contributed by atoms with van der Waals surface area (Å²) in [6.45, 7) is 18.3. The van der Waals surface area contributed by atoms with E-state index in [1.54, 1.807) is 6.92 Å². The Morgan fingerprint density at radius 1 is 1.04 bits per heavy atom. The fourth-order valence-corrected chi connectivity index (χ4v) is 10.6. The number of allylic oxidation sites excluding steroid dienone is 3. The van der Waals surface area contributed by atoms with Crippen molar-refractivity contribution in [2.75, 3.05) is 0 Å². The third kappa shape index (κ3) is 6.13. The number of aliphatic carboxylic acids is 1. The molecule has 0 unspecified atom stereocenters. The molecule has 1 aliphatic heterocycles. The van der Waals surface area contributed by atoms with Gasteiger partial charge >= 0.3 is 11.9 Å². The van der Waals surface area contributed by atoms with Crippen LogP contribution in [0.2, 0.25) is 0 Å². The van der Waals surface area contributed by atoms with Gasteiger partial charge < -0.3 is 34.6 Å². The van der Waals surface area contributed by atoms with Crippen LogP contribution >= 0.6 is 0 Å². The van der Waals surface area contributed by atoms with Gasteiger partial charge in [0.25, 0.3) is 0 Å². The van der Waals surface area contributed by atoms with Crippen LogP contribution in [-0.4, -0.2) is 75.3 Å². The molecule has 9 heteroatoms. The predicted octanol–water partition coefficient (Wildman–Crippen LogP) is 5.26. The molecule has 15 atom stereocenters. The molecule has 4 fully saturated rings. The number of rotatable bonds is 9. The maximum atomic E-state index is 12.7. The van der Waals surface area contributed by atoms with Gasteiger partial charge in [0.15, 0.2) is 6.29 Å². The van der Waals surface area contributed by atoms with Crippen LogP contribution in [0.5, 0.6) is 0 Å². The molecule has 9 nitrogen and oxygen atoms in total. The summed E-state index contributed by atoms with van der Waals surface area (Å²) < 4.78 is 18.1. The lowest BCUT2D eigenvalue weighted by Gasteiger charge is -2.61. The largest absolute Gasteiger partial charge is 0.481 e. The molecule has 0 aromatic heterocycles. The third-order valence-electron chi connectivity index (χ3n) is 13.4. The Morgan fingerprint density at radius 2 is 1.72 bits per heavy atom. The molecule has 0 spiro atoms. The SMILES string of the molecule is C=C(CC[C@@H](C(=O)O)[C@H]1CC[C@H]2C3=CC[C@H]4[C@H](C)[C@@H](O[C@@H]5O[C@@H](C)[C@H](O)[C@@H](O)[C@H]5O)[C@H](OC(C)=O)C[C@]4(C)[C@H]3CC[C@]12C)C(C)C. The van der Waals surface area contributed by atoms with Crippen molar-refractivity contribution in [3.8, 4) is 0 Å². The third-order valence-corrected chi connectivity index (χ3v) is 13.4. The lowest BCUT2D eigenvalue weighted by atomic mass is 9.45. The van der Waals surface area contributed by atoms with Gasteiger partial charge in [0.1, 0.15) is 30.5 Å². The molecular formula is C37H58O9. The van der Waals surface area contributed by atoms with Gasteiger partial charge in [0.05, 0.1) is 12.0 Å². The molecule has 3 saturated carbocycles. The topological polar surface area (TPSA) is 143 Å². The zero-order valence-corrected chi connectivity index (χ0v) is 28.9. The highest BCUT2D eigenvalue weighted by molar-refractivity contribution is 5.70. The van der Waals surface area contributed by atoms with Gasteiger partial charge in [-0.15, -0.1) is 0 Å². The normalized spacial score (nSPS) is 46.0. The molecule has 5 rings (SSSR count). The predicted molar refractivity (Wildman–Crippen MR) is 172 cm³/mol. The minimum absolute atomic E-state index is 0.0499. The fraction of sp³-hybridized carbons (Fsp3) is 0.838. The van der Waals surface area contributed by atoms with Crippen LogP contribution < -0.4 is 0 Å². The number of aliphatic hydroxyl groups is 3. The second-order valence-electron chi connectivity index (χ2n) is 16.2. The zero-order valence-electron chi connectivity index (χ0n) is 28.9. The maximum absolute atomic E-state index is 12.7. The number of fused-ring (bicyclic) bond motifs is 5. The molecule has 0 amide bonds. The number of hydrogen-bond donors (Lipinski definition) is 4. The standard InChI is InChI=1S/C37H58O9/c1-18(2)19(3)9-10-24(34(42)43)27-14-13-26-23-11-12-25-20(4)33(46-35-32(41)31(40)30(39)21(5)44-35)29(45-22(6)38)17-37(25,8)28(23)15-16-36(26,27)7/h11,18,20-21,24-33,35,39-41H,3,9-10,12-17H2,1-2,4-8H3,(H,42,43)/t20-,21-,24+,25-,26-,27+,28-,29+,30-,31+,32+,33+,35-,36-,37-/m0/s1. The first-order chi connectivity index (χ1) is 21.5. The van der Waals surface area contributed by atoms with Crippen LogP contribution in [0.3, 0.4) is 0 Å². The summed E-state index contributed by atoms with van der Waals surface area (Å²) in [5.74, 6) is -0.193. The van der Waals surface area contributed by atoms with Crippen LogP contribution in [0.15, 0.2) is 23.8 Å². The Balaban J connectivity index is 1.39. The van der Waals surface area contributed by atoms with Gasteiger partial charge in [-0.2, -0.15) is 0 Å². The smallest absolute Gasteiger partial charge is 0.306 e. The number of aliphatic hydroxyl groups excluding tert-OH is 3. The van der Waals surface area contributed by atoms with Gasteiger partial charge in [-0.3, -0.25) is 9.59 Å². The van der Waals surface area contributed by atoms with Crippen molar-refractivity contribution in [3.63, 3.8) is 0 Å². The van der Waals surface area contributed by atoms with Crippen molar-refractivity contribution in [1.82, 2.24) is 0 Å². The van der Waals surface area contributed by atoms with Crippen LogP contribution in [0.4, 0.5) is 0 Å². The average molecular weight is 647 g/mol. The van der Waals surface area contributed by atoms with Gasteiger partial charge in [0.2, 0.25) is 0 Å². The molecule has 5 aliphatic rings. The lowest BCUT2D eigenvalue weighted by molar-refractivity contribution is -0.323. The molecule has 1 heterocycles. The van der Waals surface area contributed by atoms with E-state index in [0.717, 1.165) is 44.1 Å². The van der Waals surface area contributed by atoms with Crippen LogP contribution in [0.25, 0.3) is 0 Å². The van der Waals surface area contributed by atoms with E-state index in [1.165, 1.54) is 12.5 Å². The van der Waals surface area contributed by atoms with Crippen LogP contribution in [-0.2, 0) is 23.8 Å². The summed E-state index contributed by atoms with van der Waals surface area (Å²) in [6.07, 6.45) is 1.99.